The number of anilines is 2. The van der Waals surface area contributed by atoms with Crippen LogP contribution in [0.5, 0.6) is 0 Å². The van der Waals surface area contributed by atoms with Crippen LogP contribution in [-0.4, -0.2) is 29.0 Å². The molecular formula is C14H19N5O2. The molecule has 7 nitrogen and oxygen atoms in total. The number of aromatic amines is 1. The number of aromatic nitrogens is 2. The number of hydrogen-bond acceptors (Lipinski definition) is 5. The van der Waals surface area contributed by atoms with E-state index in [4.69, 9.17) is 11.5 Å². The lowest BCUT2D eigenvalue weighted by Gasteiger charge is -2.23. The fourth-order valence-electron chi connectivity index (χ4n) is 2.15. The Morgan fingerprint density at radius 3 is 2.76 bits per heavy atom. The highest BCUT2D eigenvalue weighted by molar-refractivity contribution is 5.83. The highest BCUT2D eigenvalue weighted by atomic mass is 16.1. The van der Waals surface area contributed by atoms with Crippen LogP contribution >= 0.6 is 0 Å². The van der Waals surface area contributed by atoms with Gasteiger partial charge in [0.15, 0.2) is 0 Å². The van der Waals surface area contributed by atoms with Gasteiger partial charge in [-0.25, -0.2) is 4.98 Å². The molecule has 0 aliphatic carbocycles. The molecule has 0 fully saturated rings. The molecule has 1 heterocycles. The number of nitrogen functional groups attached to an aromatic ring is 1. The predicted octanol–water partition coefficient (Wildman–Crippen LogP) is 0.453. The Bertz CT molecular complexity index is 723. The molecule has 0 unspecified atom stereocenters. The summed E-state index contributed by atoms with van der Waals surface area (Å²) in [6.07, 6.45) is 0. The molecule has 0 radical (unpaired) electrons. The maximum Gasteiger partial charge on any atom is 0.260 e. The van der Waals surface area contributed by atoms with Gasteiger partial charge in [0, 0.05) is 12.2 Å². The van der Waals surface area contributed by atoms with Crippen LogP contribution in [-0.2, 0) is 4.79 Å². The molecule has 2 aromatic rings. The average Bonchev–Trinajstić information content (AvgIpc) is 2.37. The smallest absolute Gasteiger partial charge is 0.260 e. The standard InChI is InChI=1S/C14H19N5O2/c1-8(2)6-19(7-12(16)20)14-17-11-4-3-9(15)5-10(11)13(21)18-14/h3-5,8H,6-7,15H2,1-2H3,(H2,16,20)(H,17,18,21). The Morgan fingerprint density at radius 1 is 1.43 bits per heavy atom. The Hall–Kier alpha value is -2.57. The summed E-state index contributed by atoms with van der Waals surface area (Å²) in [7, 11) is 0. The van der Waals surface area contributed by atoms with E-state index in [9.17, 15) is 9.59 Å². The number of fused-ring (bicyclic) bond motifs is 1. The molecule has 5 N–H and O–H groups in total. The summed E-state index contributed by atoms with van der Waals surface area (Å²) in [5.74, 6) is 0.150. The zero-order valence-corrected chi connectivity index (χ0v) is 12.1. The number of nitrogens with zero attached hydrogens (tertiary/aromatic N) is 2. The fourth-order valence-corrected chi connectivity index (χ4v) is 2.15. The third kappa shape index (κ3) is 3.50. The van der Waals surface area contributed by atoms with E-state index in [1.807, 2.05) is 13.8 Å². The van der Waals surface area contributed by atoms with E-state index in [0.717, 1.165) is 0 Å². The first-order valence-electron chi connectivity index (χ1n) is 6.69. The largest absolute Gasteiger partial charge is 0.399 e. The number of benzene rings is 1. The van der Waals surface area contributed by atoms with Crippen molar-refractivity contribution in [1.82, 2.24) is 9.97 Å². The molecule has 0 spiro atoms. The molecule has 0 aliphatic heterocycles. The Labute approximate surface area is 122 Å². The molecule has 7 heteroatoms. The second kappa shape index (κ2) is 5.82. The first-order valence-corrected chi connectivity index (χ1v) is 6.69. The van der Waals surface area contributed by atoms with Crippen LogP contribution < -0.4 is 21.9 Å². The minimum absolute atomic E-state index is 0.00159. The van der Waals surface area contributed by atoms with Crippen LogP contribution in [0.25, 0.3) is 10.9 Å². The highest BCUT2D eigenvalue weighted by Crippen LogP contribution is 2.15. The van der Waals surface area contributed by atoms with Gasteiger partial charge in [-0.05, 0) is 24.1 Å². The van der Waals surface area contributed by atoms with Crippen molar-refractivity contribution in [3.8, 4) is 0 Å². The number of rotatable bonds is 5. The summed E-state index contributed by atoms with van der Waals surface area (Å²) in [5.41, 5.74) is 11.7. The van der Waals surface area contributed by atoms with Gasteiger partial charge in [0.05, 0.1) is 17.4 Å². The van der Waals surface area contributed by atoms with E-state index in [2.05, 4.69) is 9.97 Å². The lowest BCUT2D eigenvalue weighted by Crippen LogP contribution is -2.38. The van der Waals surface area contributed by atoms with E-state index in [0.29, 0.717) is 29.1 Å². The normalized spacial score (nSPS) is 11.0. The highest BCUT2D eigenvalue weighted by Gasteiger charge is 2.15. The van der Waals surface area contributed by atoms with Gasteiger partial charge in [0.1, 0.15) is 0 Å². The van der Waals surface area contributed by atoms with Crippen LogP contribution in [0.1, 0.15) is 13.8 Å². The van der Waals surface area contributed by atoms with Gasteiger partial charge in [-0.1, -0.05) is 13.8 Å². The third-order valence-corrected chi connectivity index (χ3v) is 2.95. The molecular weight excluding hydrogens is 270 g/mol. The third-order valence-electron chi connectivity index (χ3n) is 2.95. The van der Waals surface area contributed by atoms with Gasteiger partial charge in [0.25, 0.3) is 5.56 Å². The molecule has 0 saturated carbocycles. The van der Waals surface area contributed by atoms with Crippen LogP contribution in [0.4, 0.5) is 11.6 Å². The van der Waals surface area contributed by atoms with E-state index in [1.165, 1.54) is 0 Å². The van der Waals surface area contributed by atoms with Gasteiger partial charge >= 0.3 is 0 Å². The van der Waals surface area contributed by atoms with Crippen molar-refractivity contribution in [1.29, 1.82) is 0 Å². The van der Waals surface area contributed by atoms with Crippen LogP contribution in [0.15, 0.2) is 23.0 Å². The van der Waals surface area contributed by atoms with E-state index < -0.39 is 5.91 Å². The molecule has 0 saturated heterocycles. The molecule has 0 bridgehead atoms. The van der Waals surface area contributed by atoms with Crippen molar-refractivity contribution in [3.63, 3.8) is 0 Å². The minimum atomic E-state index is -0.476. The first kappa shape index (κ1) is 14.8. The summed E-state index contributed by atoms with van der Waals surface area (Å²) >= 11 is 0. The second-order valence-electron chi connectivity index (χ2n) is 5.41. The molecule has 0 aliphatic rings. The number of carbonyl (C=O) groups is 1. The van der Waals surface area contributed by atoms with Crippen molar-refractivity contribution in [2.24, 2.45) is 11.7 Å². The number of carbonyl (C=O) groups excluding carboxylic acids is 1. The molecule has 1 aromatic heterocycles. The molecule has 0 atom stereocenters. The van der Waals surface area contributed by atoms with Crippen molar-refractivity contribution in [2.45, 2.75) is 13.8 Å². The number of amides is 1. The van der Waals surface area contributed by atoms with Gasteiger partial charge < -0.3 is 16.4 Å². The molecule has 2 rings (SSSR count). The zero-order valence-electron chi connectivity index (χ0n) is 12.1. The summed E-state index contributed by atoms with van der Waals surface area (Å²) < 4.78 is 0. The monoisotopic (exact) mass is 289 g/mol. The van der Waals surface area contributed by atoms with Crippen LogP contribution in [0.3, 0.4) is 0 Å². The summed E-state index contributed by atoms with van der Waals surface area (Å²) in [6.45, 7) is 4.58. The molecule has 1 amide bonds. The lowest BCUT2D eigenvalue weighted by atomic mass is 10.2. The van der Waals surface area contributed by atoms with Crippen molar-refractivity contribution >= 4 is 28.4 Å². The van der Waals surface area contributed by atoms with Crippen LogP contribution in [0, 0.1) is 5.92 Å². The number of H-pyrrole nitrogens is 1. The Kier molecular flexibility index (Phi) is 4.11. The summed E-state index contributed by atoms with van der Waals surface area (Å²) in [5, 5.41) is 0.419. The first-order chi connectivity index (χ1) is 9.86. The van der Waals surface area contributed by atoms with Crippen molar-refractivity contribution < 1.29 is 4.79 Å². The predicted molar refractivity (Wildman–Crippen MR) is 83.0 cm³/mol. The number of hydrogen-bond donors (Lipinski definition) is 3. The maximum absolute atomic E-state index is 12.1. The Balaban J connectivity index is 2.50. The van der Waals surface area contributed by atoms with E-state index >= 15 is 0 Å². The summed E-state index contributed by atoms with van der Waals surface area (Å²) in [6, 6.07) is 4.94. The van der Waals surface area contributed by atoms with Crippen molar-refractivity contribution in [2.75, 3.05) is 23.7 Å². The van der Waals surface area contributed by atoms with Crippen LogP contribution in [0.2, 0.25) is 0 Å². The lowest BCUT2D eigenvalue weighted by molar-refractivity contribution is -0.116. The topological polar surface area (TPSA) is 118 Å². The summed E-state index contributed by atoms with van der Waals surface area (Å²) in [4.78, 5) is 32.1. The number of nitrogens with two attached hydrogens (primary N) is 2. The number of primary amides is 1. The SMILES string of the molecule is CC(C)CN(CC(N)=O)c1nc2ccc(N)cc2c(=O)[nH]1. The minimum Gasteiger partial charge on any atom is -0.399 e. The molecule has 21 heavy (non-hydrogen) atoms. The van der Waals surface area contributed by atoms with E-state index in [1.54, 1.807) is 23.1 Å². The van der Waals surface area contributed by atoms with Gasteiger partial charge in [-0.15, -0.1) is 0 Å². The number of nitrogens with one attached hydrogen (secondary N) is 1. The average molecular weight is 289 g/mol. The van der Waals surface area contributed by atoms with Gasteiger partial charge in [0.2, 0.25) is 11.9 Å². The quantitative estimate of drug-likeness (QED) is 0.691. The van der Waals surface area contributed by atoms with E-state index in [-0.39, 0.29) is 18.0 Å². The van der Waals surface area contributed by atoms with Crippen molar-refractivity contribution in [3.05, 3.63) is 28.6 Å². The van der Waals surface area contributed by atoms with Gasteiger partial charge in [-0.2, -0.15) is 0 Å². The fraction of sp³-hybridized carbons (Fsp3) is 0.357. The Morgan fingerprint density at radius 2 is 2.14 bits per heavy atom. The molecule has 1 aromatic carbocycles. The maximum atomic E-state index is 12.1. The second-order valence-corrected chi connectivity index (χ2v) is 5.41. The van der Waals surface area contributed by atoms with Gasteiger partial charge in [-0.3, -0.25) is 14.6 Å². The zero-order chi connectivity index (χ0) is 15.6. The molecule has 112 valence electrons.